The smallest absolute Gasteiger partial charge is 0.244 e. The van der Waals surface area contributed by atoms with Gasteiger partial charge < -0.3 is 15.2 Å². The summed E-state index contributed by atoms with van der Waals surface area (Å²) < 4.78 is 10.9. The van der Waals surface area contributed by atoms with E-state index in [2.05, 4.69) is 16.3 Å². The van der Waals surface area contributed by atoms with Gasteiger partial charge in [-0.05, 0) is 12.5 Å². The number of nitrogens with one attached hydrogen (secondary N) is 1. The number of hydrogen-bond acceptors (Lipinski definition) is 5. The number of H-pyrrole nitrogens is 1. The van der Waals surface area contributed by atoms with Gasteiger partial charge in [-0.1, -0.05) is 25.1 Å². The van der Waals surface area contributed by atoms with Gasteiger partial charge in [0, 0.05) is 11.3 Å². The maximum Gasteiger partial charge on any atom is 0.244 e. The maximum atomic E-state index is 9.54. The lowest BCUT2D eigenvalue weighted by Crippen LogP contribution is -2.21. The van der Waals surface area contributed by atoms with Crippen molar-refractivity contribution in [3.63, 3.8) is 0 Å². The molecule has 3 rings (SSSR count). The summed E-state index contributed by atoms with van der Waals surface area (Å²) >= 11 is 0. The molecule has 0 radical (unpaired) electrons. The number of benzene rings is 1. The van der Waals surface area contributed by atoms with E-state index in [0.717, 1.165) is 23.2 Å². The van der Waals surface area contributed by atoms with Crippen LogP contribution in [0.2, 0.25) is 0 Å². The van der Waals surface area contributed by atoms with Gasteiger partial charge in [-0.3, -0.25) is 5.10 Å². The zero-order chi connectivity index (χ0) is 15.7. The fourth-order valence-corrected chi connectivity index (χ4v) is 2.79. The number of rotatable bonds is 3. The van der Waals surface area contributed by atoms with Gasteiger partial charge in [-0.15, -0.1) is 5.10 Å². The van der Waals surface area contributed by atoms with Crippen LogP contribution in [0, 0.1) is 11.3 Å². The normalized spacial score (nSPS) is 16.7. The summed E-state index contributed by atoms with van der Waals surface area (Å²) in [7, 11) is 1.61. The average molecular weight is 296 g/mol. The average Bonchev–Trinajstić information content (AvgIpc) is 2.95. The molecule has 1 aromatic heterocycles. The Morgan fingerprint density at radius 2 is 2.23 bits per heavy atom. The van der Waals surface area contributed by atoms with E-state index in [0.29, 0.717) is 17.2 Å². The molecule has 2 heterocycles. The lowest BCUT2D eigenvalue weighted by Gasteiger charge is -2.25. The topological polar surface area (TPSA) is 97.0 Å². The zero-order valence-electron chi connectivity index (χ0n) is 12.4. The summed E-state index contributed by atoms with van der Waals surface area (Å²) in [5, 5.41) is 16.7. The second-order valence-corrected chi connectivity index (χ2v) is 4.94. The molecule has 1 atom stereocenters. The lowest BCUT2D eigenvalue weighted by molar-refractivity contribution is 0.375. The molecule has 112 valence electrons. The maximum absolute atomic E-state index is 9.54. The molecule has 0 amide bonds. The van der Waals surface area contributed by atoms with E-state index in [1.165, 1.54) is 0 Å². The van der Waals surface area contributed by atoms with E-state index in [1.807, 2.05) is 31.2 Å². The van der Waals surface area contributed by atoms with E-state index in [1.54, 1.807) is 7.11 Å². The van der Waals surface area contributed by atoms with Gasteiger partial charge in [0.05, 0.1) is 18.6 Å². The first-order chi connectivity index (χ1) is 10.7. The predicted molar refractivity (Wildman–Crippen MR) is 80.3 cm³/mol. The molecule has 0 unspecified atom stereocenters. The number of nitrogens with zero attached hydrogens (tertiary/aromatic N) is 2. The Morgan fingerprint density at radius 3 is 2.91 bits per heavy atom. The molecule has 0 bridgehead atoms. The van der Waals surface area contributed by atoms with Gasteiger partial charge in [0.25, 0.3) is 0 Å². The number of nitriles is 1. The van der Waals surface area contributed by atoms with Crippen LogP contribution in [0.25, 0.3) is 0 Å². The fraction of sp³-hybridized carbons (Fsp3) is 0.250. The van der Waals surface area contributed by atoms with Gasteiger partial charge in [-0.25, -0.2) is 0 Å². The molecule has 2 aromatic rings. The van der Waals surface area contributed by atoms with Crippen LogP contribution in [0.15, 0.2) is 35.7 Å². The summed E-state index contributed by atoms with van der Waals surface area (Å²) in [6.45, 7) is 2.01. The van der Waals surface area contributed by atoms with Gasteiger partial charge in [0.2, 0.25) is 11.8 Å². The minimum Gasteiger partial charge on any atom is -0.496 e. The summed E-state index contributed by atoms with van der Waals surface area (Å²) in [6, 6.07) is 9.75. The second kappa shape index (κ2) is 5.45. The summed E-state index contributed by atoms with van der Waals surface area (Å²) in [6.07, 6.45) is 0.746. The van der Waals surface area contributed by atoms with E-state index < -0.39 is 0 Å². The van der Waals surface area contributed by atoms with Gasteiger partial charge in [0.15, 0.2) is 0 Å². The number of aromatic amines is 1. The zero-order valence-corrected chi connectivity index (χ0v) is 12.4. The number of allylic oxidation sites excluding steroid dienone is 1. The quantitative estimate of drug-likeness (QED) is 0.905. The molecular weight excluding hydrogens is 280 g/mol. The Balaban J connectivity index is 2.28. The Kier molecular flexibility index (Phi) is 3.47. The first-order valence-electron chi connectivity index (χ1n) is 6.98. The minimum absolute atomic E-state index is 0.0834. The number of ether oxygens (including phenoxy) is 2. The van der Waals surface area contributed by atoms with E-state index >= 15 is 0 Å². The number of para-hydroxylation sites is 1. The van der Waals surface area contributed by atoms with Crippen molar-refractivity contribution in [1.82, 2.24) is 10.2 Å². The van der Waals surface area contributed by atoms with Gasteiger partial charge in [0.1, 0.15) is 17.4 Å². The second-order valence-electron chi connectivity index (χ2n) is 4.94. The SMILES string of the molecule is CCc1[nH]nc2c1[C@H](c1ccccc1OC)C(C#N)=C(N)O2. The van der Waals surface area contributed by atoms with Crippen molar-refractivity contribution in [2.24, 2.45) is 5.73 Å². The van der Waals surface area contributed by atoms with Crippen molar-refractivity contribution in [3.8, 4) is 17.7 Å². The first kappa shape index (κ1) is 14.0. The third-order valence-corrected chi connectivity index (χ3v) is 3.82. The number of nitrogens with two attached hydrogens (primary N) is 1. The number of aromatic nitrogens is 2. The molecule has 22 heavy (non-hydrogen) atoms. The van der Waals surface area contributed by atoms with Crippen LogP contribution in [0.3, 0.4) is 0 Å². The Labute approximate surface area is 128 Å². The minimum atomic E-state index is -0.349. The highest BCUT2D eigenvalue weighted by molar-refractivity contribution is 5.58. The van der Waals surface area contributed by atoms with Gasteiger partial charge in [-0.2, -0.15) is 5.26 Å². The number of hydrogen-bond donors (Lipinski definition) is 2. The van der Waals surface area contributed by atoms with Crippen molar-refractivity contribution in [2.75, 3.05) is 7.11 Å². The van der Waals surface area contributed by atoms with Crippen LogP contribution < -0.4 is 15.2 Å². The first-order valence-corrected chi connectivity index (χ1v) is 6.98. The van der Waals surface area contributed by atoms with Crippen molar-refractivity contribution >= 4 is 0 Å². The van der Waals surface area contributed by atoms with Crippen LogP contribution in [0.5, 0.6) is 11.6 Å². The van der Waals surface area contributed by atoms with Crippen LogP contribution in [-0.4, -0.2) is 17.3 Å². The van der Waals surface area contributed by atoms with Crippen molar-refractivity contribution in [3.05, 3.63) is 52.5 Å². The largest absolute Gasteiger partial charge is 0.496 e. The molecule has 1 aliphatic heterocycles. The standard InChI is InChI=1S/C16H16N4O2/c1-3-11-14-13(9-6-4-5-7-12(9)21-2)10(8-17)15(18)22-16(14)20-19-11/h4-7,13H,3,18H2,1-2H3,(H,19,20)/t13-/m1/s1. The number of aryl methyl sites for hydroxylation is 1. The highest BCUT2D eigenvalue weighted by Crippen LogP contribution is 2.45. The molecule has 0 saturated heterocycles. The van der Waals surface area contributed by atoms with Crippen LogP contribution >= 0.6 is 0 Å². The predicted octanol–water partition coefficient (Wildman–Crippen LogP) is 2.20. The summed E-state index contributed by atoms with van der Waals surface area (Å²) in [5.41, 5.74) is 8.92. The highest BCUT2D eigenvalue weighted by Gasteiger charge is 2.36. The summed E-state index contributed by atoms with van der Waals surface area (Å²) in [4.78, 5) is 0. The van der Waals surface area contributed by atoms with Crippen LogP contribution in [0.4, 0.5) is 0 Å². The molecule has 0 fully saturated rings. The molecule has 0 saturated carbocycles. The monoisotopic (exact) mass is 296 g/mol. The molecule has 0 spiro atoms. The van der Waals surface area contributed by atoms with Crippen molar-refractivity contribution < 1.29 is 9.47 Å². The summed E-state index contributed by atoms with van der Waals surface area (Å²) in [5.74, 6) is 0.854. The van der Waals surface area contributed by atoms with Crippen molar-refractivity contribution in [1.29, 1.82) is 5.26 Å². The molecular formula is C16H16N4O2. The Morgan fingerprint density at radius 1 is 1.45 bits per heavy atom. The van der Waals surface area contributed by atoms with E-state index in [-0.39, 0.29) is 11.8 Å². The molecule has 0 aliphatic carbocycles. The molecule has 6 nitrogen and oxygen atoms in total. The Bertz CT molecular complexity index is 786. The highest BCUT2D eigenvalue weighted by atomic mass is 16.5. The van der Waals surface area contributed by atoms with Crippen LogP contribution in [0.1, 0.15) is 29.7 Å². The van der Waals surface area contributed by atoms with Crippen LogP contribution in [-0.2, 0) is 6.42 Å². The van der Waals surface area contributed by atoms with Gasteiger partial charge >= 0.3 is 0 Å². The lowest BCUT2D eigenvalue weighted by atomic mass is 9.83. The van der Waals surface area contributed by atoms with Crippen molar-refractivity contribution in [2.45, 2.75) is 19.3 Å². The molecule has 6 heteroatoms. The van der Waals surface area contributed by atoms with E-state index in [4.69, 9.17) is 15.2 Å². The Hall–Kier alpha value is -2.94. The number of fused-ring (bicyclic) bond motifs is 1. The molecule has 1 aliphatic rings. The third-order valence-electron chi connectivity index (χ3n) is 3.82. The van der Waals surface area contributed by atoms with E-state index in [9.17, 15) is 5.26 Å². The number of methoxy groups -OCH3 is 1. The molecule has 1 aromatic carbocycles. The third kappa shape index (κ3) is 1.99. The fourth-order valence-electron chi connectivity index (χ4n) is 2.79. The molecule has 3 N–H and O–H groups in total.